The first-order chi connectivity index (χ1) is 11.0. The van der Waals surface area contributed by atoms with Crippen LogP contribution >= 0.6 is 10.7 Å². The maximum absolute atomic E-state index is 11.1. The Morgan fingerprint density at radius 3 is 2.09 bits per heavy atom. The second kappa shape index (κ2) is 6.29. The Balaban J connectivity index is 0.000000140. The van der Waals surface area contributed by atoms with E-state index in [0.29, 0.717) is 24.3 Å². The number of ether oxygens (including phenoxy) is 2. The van der Waals surface area contributed by atoms with Crippen LogP contribution in [-0.2, 0) is 21.9 Å². The van der Waals surface area contributed by atoms with Gasteiger partial charge < -0.3 is 15.2 Å². The lowest BCUT2D eigenvalue weighted by Gasteiger charge is -2.01. The zero-order valence-corrected chi connectivity index (χ0v) is 13.9. The van der Waals surface area contributed by atoms with E-state index in [1.165, 1.54) is 11.6 Å². The van der Waals surface area contributed by atoms with Crippen LogP contribution in [0.1, 0.15) is 11.1 Å². The third-order valence-corrected chi connectivity index (χ3v) is 5.15. The number of nitrogen functional groups attached to an aromatic ring is 1. The quantitative estimate of drug-likeness (QED) is 0.630. The molecule has 2 aliphatic heterocycles. The zero-order valence-electron chi connectivity index (χ0n) is 12.3. The number of nitrogens with two attached hydrogens (primary N) is 1. The van der Waals surface area contributed by atoms with Gasteiger partial charge in [0.2, 0.25) is 0 Å². The summed E-state index contributed by atoms with van der Waals surface area (Å²) < 4.78 is 32.7. The molecule has 0 saturated carbocycles. The molecule has 0 unspecified atom stereocenters. The van der Waals surface area contributed by atoms with Crippen LogP contribution in [0.25, 0.3) is 0 Å². The van der Waals surface area contributed by atoms with Crippen LogP contribution in [0.2, 0.25) is 0 Å². The second-order valence-electron chi connectivity index (χ2n) is 5.19. The number of benzene rings is 2. The number of halogens is 1. The molecular formula is C16H16ClNO4S. The number of anilines is 1. The first-order valence-electron chi connectivity index (χ1n) is 7.16. The van der Waals surface area contributed by atoms with Crippen LogP contribution in [0.4, 0.5) is 5.69 Å². The molecule has 0 aliphatic carbocycles. The average Bonchev–Trinajstić information content (AvgIpc) is 3.15. The van der Waals surface area contributed by atoms with E-state index in [1.807, 2.05) is 18.2 Å². The number of hydrogen-bond acceptors (Lipinski definition) is 5. The van der Waals surface area contributed by atoms with E-state index in [2.05, 4.69) is 0 Å². The van der Waals surface area contributed by atoms with E-state index in [9.17, 15) is 8.42 Å². The van der Waals surface area contributed by atoms with Gasteiger partial charge in [-0.15, -0.1) is 0 Å². The molecular weight excluding hydrogens is 338 g/mol. The van der Waals surface area contributed by atoms with Crippen LogP contribution < -0.4 is 15.2 Å². The van der Waals surface area contributed by atoms with Gasteiger partial charge in [0.1, 0.15) is 11.5 Å². The van der Waals surface area contributed by atoms with Gasteiger partial charge in [-0.3, -0.25) is 0 Å². The van der Waals surface area contributed by atoms with E-state index < -0.39 is 9.05 Å². The molecule has 0 saturated heterocycles. The summed E-state index contributed by atoms with van der Waals surface area (Å²) in [5.74, 6) is 1.58. The molecule has 0 bridgehead atoms. The summed E-state index contributed by atoms with van der Waals surface area (Å²) in [6.07, 6.45) is 1.57. The van der Waals surface area contributed by atoms with Crippen molar-refractivity contribution in [3.05, 3.63) is 47.5 Å². The fraction of sp³-hybridized carbons (Fsp3) is 0.250. The molecule has 0 spiro atoms. The minimum absolute atomic E-state index is 0.171. The number of rotatable bonds is 1. The summed E-state index contributed by atoms with van der Waals surface area (Å²) >= 11 is 0. The van der Waals surface area contributed by atoms with Gasteiger partial charge in [-0.1, -0.05) is 12.1 Å². The Kier molecular flexibility index (Phi) is 4.37. The normalized spacial score (nSPS) is 14.8. The fourth-order valence-electron chi connectivity index (χ4n) is 2.67. The molecule has 0 atom stereocenters. The van der Waals surface area contributed by atoms with Crippen LogP contribution in [0.15, 0.2) is 41.3 Å². The second-order valence-corrected chi connectivity index (χ2v) is 7.73. The fourth-order valence-corrected chi connectivity index (χ4v) is 3.84. The van der Waals surface area contributed by atoms with Gasteiger partial charge in [0.25, 0.3) is 9.05 Å². The lowest BCUT2D eigenvalue weighted by atomic mass is 10.1. The highest BCUT2D eigenvalue weighted by Crippen LogP contribution is 2.32. The van der Waals surface area contributed by atoms with Crippen molar-refractivity contribution < 1.29 is 17.9 Å². The predicted octanol–water partition coefficient (Wildman–Crippen LogP) is 2.75. The third-order valence-electron chi connectivity index (χ3n) is 3.74. The highest BCUT2D eigenvalue weighted by atomic mass is 35.7. The molecule has 122 valence electrons. The Morgan fingerprint density at radius 2 is 1.48 bits per heavy atom. The van der Waals surface area contributed by atoms with Crippen molar-refractivity contribution in [1.29, 1.82) is 0 Å². The Morgan fingerprint density at radius 1 is 0.913 bits per heavy atom. The highest BCUT2D eigenvalue weighted by Gasteiger charge is 2.22. The van der Waals surface area contributed by atoms with Crippen molar-refractivity contribution >= 4 is 25.4 Å². The van der Waals surface area contributed by atoms with Crippen LogP contribution in [-0.4, -0.2) is 21.6 Å². The summed E-state index contributed by atoms with van der Waals surface area (Å²) in [5, 5.41) is 0. The molecule has 0 amide bonds. The van der Waals surface area contributed by atoms with Crippen LogP contribution in [0, 0.1) is 0 Å². The first kappa shape index (κ1) is 16.0. The van der Waals surface area contributed by atoms with Crippen LogP contribution in [0.5, 0.6) is 11.5 Å². The lowest BCUT2D eigenvalue weighted by Crippen LogP contribution is -1.95. The lowest BCUT2D eigenvalue weighted by molar-refractivity contribution is 0.356. The summed E-state index contributed by atoms with van der Waals surface area (Å²) in [6.45, 7) is 1.31. The van der Waals surface area contributed by atoms with Gasteiger partial charge in [-0.05, 0) is 24.3 Å². The summed E-state index contributed by atoms with van der Waals surface area (Å²) in [4.78, 5) is 0.171. The molecule has 4 rings (SSSR count). The molecule has 2 N–H and O–H groups in total. The van der Waals surface area contributed by atoms with Gasteiger partial charge in [0.05, 0.1) is 18.1 Å². The van der Waals surface area contributed by atoms with E-state index in [4.69, 9.17) is 25.9 Å². The smallest absolute Gasteiger partial charge is 0.261 e. The van der Waals surface area contributed by atoms with Crippen molar-refractivity contribution in [3.63, 3.8) is 0 Å². The summed E-state index contributed by atoms with van der Waals surface area (Å²) in [6, 6.07) is 10.6. The minimum atomic E-state index is -3.64. The third kappa shape index (κ3) is 3.38. The summed E-state index contributed by atoms with van der Waals surface area (Å²) in [5.41, 5.74) is 8.41. The monoisotopic (exact) mass is 353 g/mol. The molecule has 0 aromatic heterocycles. The first-order valence-corrected chi connectivity index (χ1v) is 9.47. The molecule has 0 radical (unpaired) electrons. The van der Waals surface area contributed by atoms with Gasteiger partial charge in [0.15, 0.2) is 0 Å². The van der Waals surface area contributed by atoms with Crippen molar-refractivity contribution in [2.24, 2.45) is 0 Å². The van der Waals surface area contributed by atoms with Crippen molar-refractivity contribution in [2.45, 2.75) is 17.7 Å². The molecule has 0 fully saturated rings. The molecule has 2 aliphatic rings. The standard InChI is InChI=1S/C8H7ClO3S.C8H9NO/c9-13(10,11)8-3-1-2-7-6(8)4-5-12-7;9-7-2-1-3-8-6(7)4-5-10-8/h1-3H,4-5H2;1-3H,4-5,9H2. The zero-order chi connectivity index (χ0) is 16.4. The van der Waals surface area contributed by atoms with E-state index in [1.54, 1.807) is 12.1 Å². The van der Waals surface area contributed by atoms with Crippen LogP contribution in [0.3, 0.4) is 0 Å². The topological polar surface area (TPSA) is 78.6 Å². The van der Waals surface area contributed by atoms with E-state index >= 15 is 0 Å². The molecule has 5 nitrogen and oxygen atoms in total. The van der Waals surface area contributed by atoms with Gasteiger partial charge >= 0.3 is 0 Å². The van der Waals surface area contributed by atoms with E-state index in [0.717, 1.165) is 24.5 Å². The molecule has 2 aromatic carbocycles. The number of hydrogen-bond donors (Lipinski definition) is 1. The largest absolute Gasteiger partial charge is 0.493 e. The molecule has 2 heterocycles. The molecule has 7 heteroatoms. The molecule has 2 aromatic rings. The van der Waals surface area contributed by atoms with Crippen molar-refractivity contribution in [2.75, 3.05) is 18.9 Å². The van der Waals surface area contributed by atoms with E-state index in [-0.39, 0.29) is 4.90 Å². The van der Waals surface area contributed by atoms with Gasteiger partial charge in [-0.2, -0.15) is 0 Å². The van der Waals surface area contributed by atoms with Gasteiger partial charge in [-0.25, -0.2) is 8.42 Å². The van der Waals surface area contributed by atoms with Gasteiger partial charge in [0, 0.05) is 40.3 Å². The average molecular weight is 354 g/mol. The predicted molar refractivity (Wildman–Crippen MR) is 88.7 cm³/mol. The molecule has 23 heavy (non-hydrogen) atoms. The Labute approximate surface area is 139 Å². The number of fused-ring (bicyclic) bond motifs is 2. The Bertz CT molecular complexity index is 836. The van der Waals surface area contributed by atoms with Crippen molar-refractivity contribution in [1.82, 2.24) is 0 Å². The minimum Gasteiger partial charge on any atom is -0.493 e. The Hall–Kier alpha value is -1.92. The summed E-state index contributed by atoms with van der Waals surface area (Å²) in [7, 11) is 1.62. The highest BCUT2D eigenvalue weighted by molar-refractivity contribution is 8.13. The maximum atomic E-state index is 11.1. The maximum Gasteiger partial charge on any atom is 0.261 e. The SMILES string of the molecule is Nc1cccc2c1CCO2.O=S(=O)(Cl)c1cccc2c1CCO2. The van der Waals surface area contributed by atoms with Crippen molar-refractivity contribution in [3.8, 4) is 11.5 Å².